The van der Waals surface area contributed by atoms with E-state index in [4.69, 9.17) is 5.26 Å². The molecule has 6 heteroatoms. The van der Waals surface area contributed by atoms with E-state index in [2.05, 4.69) is 4.72 Å². The second-order valence-corrected chi connectivity index (χ2v) is 6.07. The van der Waals surface area contributed by atoms with E-state index < -0.39 is 21.4 Å². The van der Waals surface area contributed by atoms with E-state index in [-0.39, 0.29) is 4.90 Å². The molecular formula is C13H17FN2O2S. The minimum atomic E-state index is -3.92. The van der Waals surface area contributed by atoms with Crippen molar-refractivity contribution in [3.8, 4) is 6.07 Å². The molecule has 0 aliphatic heterocycles. The van der Waals surface area contributed by atoms with Crippen LogP contribution in [0.3, 0.4) is 0 Å². The van der Waals surface area contributed by atoms with Crippen molar-refractivity contribution < 1.29 is 12.8 Å². The van der Waals surface area contributed by atoms with Crippen molar-refractivity contribution in [1.82, 2.24) is 4.72 Å². The van der Waals surface area contributed by atoms with Gasteiger partial charge in [-0.25, -0.2) is 12.8 Å². The van der Waals surface area contributed by atoms with Gasteiger partial charge in [0.05, 0.1) is 11.0 Å². The molecule has 0 spiro atoms. The lowest BCUT2D eigenvalue weighted by Crippen LogP contribution is -2.46. The van der Waals surface area contributed by atoms with Gasteiger partial charge in [-0.3, -0.25) is 0 Å². The summed E-state index contributed by atoms with van der Waals surface area (Å²) in [7, 11) is -3.92. The quantitative estimate of drug-likeness (QED) is 0.903. The summed E-state index contributed by atoms with van der Waals surface area (Å²) in [4.78, 5) is -0.131. The van der Waals surface area contributed by atoms with Gasteiger partial charge in [-0.05, 0) is 37.5 Å². The van der Waals surface area contributed by atoms with E-state index >= 15 is 0 Å². The highest BCUT2D eigenvalue weighted by Crippen LogP contribution is 2.21. The van der Waals surface area contributed by atoms with Crippen LogP contribution in [0.15, 0.2) is 23.1 Å². The number of hydrogen-bond acceptors (Lipinski definition) is 3. The lowest BCUT2D eigenvalue weighted by molar-refractivity contribution is 0.446. The Hall–Kier alpha value is -1.45. The van der Waals surface area contributed by atoms with Gasteiger partial charge in [0.1, 0.15) is 11.4 Å². The van der Waals surface area contributed by atoms with Crippen LogP contribution < -0.4 is 4.72 Å². The molecule has 4 nitrogen and oxygen atoms in total. The number of halogens is 1. The molecule has 0 fully saturated rings. The molecule has 0 radical (unpaired) electrons. The molecule has 1 aromatic carbocycles. The molecule has 0 aromatic heterocycles. The van der Waals surface area contributed by atoms with Crippen LogP contribution in [-0.2, 0) is 10.0 Å². The minimum Gasteiger partial charge on any atom is -0.207 e. The monoisotopic (exact) mass is 284 g/mol. The highest BCUT2D eigenvalue weighted by molar-refractivity contribution is 7.89. The average molecular weight is 284 g/mol. The fraction of sp³-hybridized carbons (Fsp3) is 0.462. The maximum Gasteiger partial charge on any atom is 0.242 e. The Bertz CT molecular complexity index is 602. The Labute approximate surface area is 113 Å². The summed E-state index contributed by atoms with van der Waals surface area (Å²) in [6.45, 7) is 5.04. The van der Waals surface area contributed by atoms with E-state index in [0.717, 1.165) is 6.07 Å². The van der Waals surface area contributed by atoms with Crippen molar-refractivity contribution in [2.75, 3.05) is 0 Å². The first-order chi connectivity index (χ1) is 8.80. The second-order valence-electron chi connectivity index (χ2n) is 4.42. The summed E-state index contributed by atoms with van der Waals surface area (Å²) in [6.07, 6.45) is 0.682. The van der Waals surface area contributed by atoms with Crippen molar-refractivity contribution in [2.45, 2.75) is 44.0 Å². The van der Waals surface area contributed by atoms with Gasteiger partial charge in [-0.2, -0.15) is 9.98 Å². The zero-order chi connectivity index (χ0) is 14.7. The Morgan fingerprint density at radius 3 is 2.42 bits per heavy atom. The van der Waals surface area contributed by atoms with Crippen LogP contribution in [0.4, 0.5) is 4.39 Å². The maximum absolute atomic E-state index is 13.2. The summed E-state index contributed by atoms with van der Waals surface area (Å²) in [5.41, 5.74) is -0.717. The number of benzene rings is 1. The van der Waals surface area contributed by atoms with Crippen LogP contribution in [0.1, 0.15) is 32.3 Å². The zero-order valence-electron chi connectivity index (χ0n) is 11.2. The van der Waals surface area contributed by atoms with Gasteiger partial charge < -0.3 is 0 Å². The standard InChI is InChI=1S/C13H17FN2O2S/c1-4-13(5-2,9-15)16-19(17,18)12-8-11(14)7-6-10(12)3/h6-8,16H,4-5H2,1-3H3. The van der Waals surface area contributed by atoms with Crippen LogP contribution >= 0.6 is 0 Å². The van der Waals surface area contributed by atoms with Crippen LogP contribution in [-0.4, -0.2) is 14.0 Å². The normalized spacial score (nSPS) is 12.2. The molecule has 0 saturated carbocycles. The molecule has 0 atom stereocenters. The van der Waals surface area contributed by atoms with Crippen LogP contribution in [0, 0.1) is 24.1 Å². The summed E-state index contributed by atoms with van der Waals surface area (Å²) in [6, 6.07) is 5.55. The van der Waals surface area contributed by atoms with Gasteiger partial charge >= 0.3 is 0 Å². The highest BCUT2D eigenvalue weighted by Gasteiger charge is 2.32. The van der Waals surface area contributed by atoms with Gasteiger partial charge in [-0.15, -0.1) is 0 Å². The lowest BCUT2D eigenvalue weighted by Gasteiger charge is -2.25. The molecule has 1 rings (SSSR count). The molecule has 1 aromatic rings. The largest absolute Gasteiger partial charge is 0.242 e. The molecule has 0 unspecified atom stereocenters. The van der Waals surface area contributed by atoms with Crippen molar-refractivity contribution >= 4 is 10.0 Å². The molecule has 19 heavy (non-hydrogen) atoms. The average Bonchev–Trinajstić information content (AvgIpc) is 2.39. The first kappa shape index (κ1) is 15.6. The van der Waals surface area contributed by atoms with Crippen molar-refractivity contribution in [1.29, 1.82) is 5.26 Å². The minimum absolute atomic E-state index is 0.131. The van der Waals surface area contributed by atoms with Crippen molar-refractivity contribution in [3.05, 3.63) is 29.6 Å². The first-order valence-corrected chi connectivity index (χ1v) is 7.50. The van der Waals surface area contributed by atoms with Crippen LogP contribution in [0.25, 0.3) is 0 Å². The van der Waals surface area contributed by atoms with Crippen LogP contribution in [0.5, 0.6) is 0 Å². The molecule has 0 amide bonds. The molecule has 0 bridgehead atoms. The summed E-state index contributed by atoms with van der Waals surface area (Å²) in [5, 5.41) is 9.16. The van der Waals surface area contributed by atoms with Crippen LogP contribution in [0.2, 0.25) is 0 Å². The molecule has 104 valence electrons. The van der Waals surface area contributed by atoms with Gasteiger partial charge in [0, 0.05) is 0 Å². The molecule has 0 aliphatic carbocycles. The fourth-order valence-electron chi connectivity index (χ4n) is 1.75. The summed E-state index contributed by atoms with van der Waals surface area (Å²) >= 11 is 0. The maximum atomic E-state index is 13.2. The number of rotatable bonds is 5. The van der Waals surface area contributed by atoms with Gasteiger partial charge in [0.25, 0.3) is 0 Å². The Kier molecular flexibility index (Phi) is 4.66. The SMILES string of the molecule is CCC(C#N)(CC)NS(=O)(=O)c1cc(F)ccc1C. The third kappa shape index (κ3) is 3.31. The van der Waals surface area contributed by atoms with E-state index in [1.807, 2.05) is 6.07 Å². The second kappa shape index (κ2) is 5.68. The van der Waals surface area contributed by atoms with Gasteiger partial charge in [0.15, 0.2) is 0 Å². The number of nitriles is 1. The topological polar surface area (TPSA) is 70.0 Å². The van der Waals surface area contributed by atoms with E-state index in [1.165, 1.54) is 12.1 Å². The number of nitrogens with zero attached hydrogens (tertiary/aromatic N) is 1. The predicted molar refractivity (Wildman–Crippen MR) is 70.4 cm³/mol. The molecule has 0 aliphatic rings. The van der Waals surface area contributed by atoms with E-state index in [9.17, 15) is 12.8 Å². The van der Waals surface area contributed by atoms with E-state index in [0.29, 0.717) is 18.4 Å². The molecule has 1 N–H and O–H groups in total. The number of sulfonamides is 1. The van der Waals surface area contributed by atoms with Crippen molar-refractivity contribution in [3.63, 3.8) is 0 Å². The first-order valence-electron chi connectivity index (χ1n) is 6.01. The van der Waals surface area contributed by atoms with Crippen molar-refractivity contribution in [2.24, 2.45) is 0 Å². The number of hydrogen-bond donors (Lipinski definition) is 1. The Morgan fingerprint density at radius 2 is 1.95 bits per heavy atom. The van der Waals surface area contributed by atoms with Gasteiger partial charge in [0.2, 0.25) is 10.0 Å². The molecular weight excluding hydrogens is 267 g/mol. The smallest absolute Gasteiger partial charge is 0.207 e. The zero-order valence-corrected chi connectivity index (χ0v) is 12.0. The fourth-order valence-corrected chi connectivity index (χ4v) is 3.47. The molecule has 0 heterocycles. The Balaban J connectivity index is 3.26. The number of aryl methyl sites for hydroxylation is 1. The predicted octanol–water partition coefficient (Wildman–Crippen LogP) is 2.49. The Morgan fingerprint density at radius 1 is 1.37 bits per heavy atom. The van der Waals surface area contributed by atoms with Gasteiger partial charge in [-0.1, -0.05) is 19.9 Å². The third-order valence-corrected chi connectivity index (χ3v) is 4.87. The summed E-state index contributed by atoms with van der Waals surface area (Å²) in [5.74, 6) is -0.624. The lowest BCUT2D eigenvalue weighted by atomic mass is 9.97. The van der Waals surface area contributed by atoms with E-state index in [1.54, 1.807) is 20.8 Å². The highest BCUT2D eigenvalue weighted by atomic mass is 32.2. The summed E-state index contributed by atoms with van der Waals surface area (Å²) < 4.78 is 40.1. The number of nitrogens with one attached hydrogen (secondary N) is 1. The third-order valence-electron chi connectivity index (χ3n) is 3.19. The molecule has 0 saturated heterocycles.